The average molecular weight is 262 g/mol. The molecule has 1 rings (SSSR count). The summed E-state index contributed by atoms with van der Waals surface area (Å²) in [6.07, 6.45) is -2.86. The molecular weight excluding hydrogens is 244 g/mol. The topological polar surface area (TPSA) is 91.3 Å². The molecule has 0 saturated carbocycles. The van der Waals surface area contributed by atoms with Gasteiger partial charge in [0.1, 0.15) is 12.7 Å². The molecule has 1 aliphatic rings. The molecule has 0 aromatic heterocycles. The van der Waals surface area contributed by atoms with Gasteiger partial charge in [0.15, 0.2) is 12.4 Å². The molecule has 7 heteroatoms. The van der Waals surface area contributed by atoms with Crippen molar-refractivity contribution in [2.45, 2.75) is 44.9 Å². The maximum atomic E-state index is 10.9. The van der Waals surface area contributed by atoms with Crippen LogP contribution >= 0.6 is 0 Å². The Morgan fingerprint density at radius 2 is 2.00 bits per heavy atom. The molecule has 1 N–H and O–H groups in total. The van der Waals surface area contributed by atoms with E-state index in [0.29, 0.717) is 0 Å². The Bertz CT molecular complexity index is 304. The van der Waals surface area contributed by atoms with Crippen LogP contribution in [0.2, 0.25) is 0 Å². The van der Waals surface area contributed by atoms with E-state index in [1.54, 1.807) is 0 Å². The first-order valence-electron chi connectivity index (χ1n) is 5.61. The molecule has 0 aliphatic carbocycles. The first kappa shape index (κ1) is 14.9. The van der Waals surface area contributed by atoms with Gasteiger partial charge in [-0.2, -0.15) is 0 Å². The molecule has 1 aliphatic heterocycles. The number of esters is 2. The molecule has 18 heavy (non-hydrogen) atoms. The van der Waals surface area contributed by atoms with Crippen molar-refractivity contribution in [3.8, 4) is 0 Å². The smallest absolute Gasteiger partial charge is 0.303 e. The van der Waals surface area contributed by atoms with E-state index in [9.17, 15) is 14.7 Å². The molecule has 0 spiro atoms. The molecule has 4 atom stereocenters. The van der Waals surface area contributed by atoms with E-state index in [1.807, 2.05) is 0 Å². The van der Waals surface area contributed by atoms with E-state index >= 15 is 0 Å². The quantitative estimate of drug-likeness (QED) is 0.689. The van der Waals surface area contributed by atoms with Crippen LogP contribution in [0.3, 0.4) is 0 Å². The van der Waals surface area contributed by atoms with Gasteiger partial charge in [-0.05, 0) is 0 Å². The van der Waals surface area contributed by atoms with Gasteiger partial charge in [0.2, 0.25) is 0 Å². The third kappa shape index (κ3) is 4.25. The molecule has 104 valence electrons. The molecular formula is C11H18O7. The van der Waals surface area contributed by atoms with Gasteiger partial charge in [-0.1, -0.05) is 0 Å². The number of hydrogen-bond donors (Lipinski definition) is 1. The van der Waals surface area contributed by atoms with Gasteiger partial charge in [-0.15, -0.1) is 0 Å². The molecule has 1 fully saturated rings. The van der Waals surface area contributed by atoms with Gasteiger partial charge in [-0.3, -0.25) is 9.59 Å². The molecule has 0 aromatic carbocycles. The van der Waals surface area contributed by atoms with Crippen molar-refractivity contribution < 1.29 is 33.6 Å². The lowest BCUT2D eigenvalue weighted by atomic mass is 10.0. The Balaban J connectivity index is 2.57. The number of hydrogen-bond acceptors (Lipinski definition) is 7. The highest BCUT2D eigenvalue weighted by Crippen LogP contribution is 2.23. The van der Waals surface area contributed by atoms with E-state index < -0.39 is 36.5 Å². The third-order valence-corrected chi connectivity index (χ3v) is 2.52. The Kier molecular flexibility index (Phi) is 5.52. The van der Waals surface area contributed by atoms with Crippen LogP contribution in [0.4, 0.5) is 0 Å². The van der Waals surface area contributed by atoms with Gasteiger partial charge >= 0.3 is 11.9 Å². The van der Waals surface area contributed by atoms with Crippen LogP contribution in [0.25, 0.3) is 0 Å². The second-order valence-corrected chi connectivity index (χ2v) is 4.03. The summed E-state index contributed by atoms with van der Waals surface area (Å²) in [6, 6.07) is 0. The van der Waals surface area contributed by atoms with Crippen molar-refractivity contribution in [1.82, 2.24) is 0 Å². The van der Waals surface area contributed by atoms with Crippen LogP contribution in [0, 0.1) is 0 Å². The number of ether oxygens (including phenoxy) is 4. The molecule has 1 saturated heterocycles. The Hall–Kier alpha value is -1.18. The summed E-state index contributed by atoms with van der Waals surface area (Å²) in [4.78, 5) is 21.6. The summed E-state index contributed by atoms with van der Waals surface area (Å²) in [5, 5.41) is 9.82. The zero-order chi connectivity index (χ0) is 13.7. The van der Waals surface area contributed by atoms with E-state index in [4.69, 9.17) is 18.9 Å². The van der Waals surface area contributed by atoms with Gasteiger partial charge < -0.3 is 24.1 Å². The minimum atomic E-state index is -0.889. The molecule has 0 bridgehead atoms. The molecule has 0 radical (unpaired) electrons. The highest BCUT2D eigenvalue weighted by Gasteiger charge is 2.39. The first-order chi connectivity index (χ1) is 8.43. The van der Waals surface area contributed by atoms with Crippen molar-refractivity contribution in [1.29, 1.82) is 0 Å². The van der Waals surface area contributed by atoms with Crippen molar-refractivity contribution >= 4 is 11.9 Å². The average Bonchev–Trinajstić information content (AvgIpc) is 2.27. The van der Waals surface area contributed by atoms with Crippen molar-refractivity contribution in [2.24, 2.45) is 0 Å². The fourth-order valence-corrected chi connectivity index (χ4v) is 1.73. The standard InChI is InChI=1S/C11H18O7/c1-6(12)16-5-10-8(14)4-9(17-7(2)13)11(15-3)18-10/h8-11,14H,4-5H2,1-3H3/t8-,9-,10-,11-/m1/s1. The molecule has 7 nitrogen and oxygen atoms in total. The summed E-state index contributed by atoms with van der Waals surface area (Å²) >= 11 is 0. The van der Waals surface area contributed by atoms with Crippen LogP contribution in [0.1, 0.15) is 20.3 Å². The van der Waals surface area contributed by atoms with Crippen LogP contribution < -0.4 is 0 Å². The number of rotatable bonds is 4. The first-order valence-corrected chi connectivity index (χ1v) is 5.61. The summed E-state index contributed by atoms with van der Waals surface area (Å²) in [5.41, 5.74) is 0. The summed E-state index contributed by atoms with van der Waals surface area (Å²) < 4.78 is 20.2. The van der Waals surface area contributed by atoms with Crippen LogP contribution in [0.5, 0.6) is 0 Å². The fourth-order valence-electron chi connectivity index (χ4n) is 1.73. The predicted octanol–water partition coefficient (Wildman–Crippen LogP) is -0.397. The second-order valence-electron chi connectivity index (χ2n) is 4.03. The SMILES string of the molecule is CO[C@@H]1O[C@H](COC(C)=O)[C@H](O)C[C@H]1OC(C)=O. The highest BCUT2D eigenvalue weighted by molar-refractivity contribution is 5.66. The van der Waals surface area contributed by atoms with E-state index in [2.05, 4.69) is 0 Å². The van der Waals surface area contributed by atoms with Crippen molar-refractivity contribution in [3.63, 3.8) is 0 Å². The zero-order valence-electron chi connectivity index (χ0n) is 10.6. The van der Waals surface area contributed by atoms with Crippen molar-refractivity contribution in [3.05, 3.63) is 0 Å². The van der Waals surface area contributed by atoms with E-state index in [-0.39, 0.29) is 13.0 Å². The van der Waals surface area contributed by atoms with Crippen molar-refractivity contribution in [2.75, 3.05) is 13.7 Å². The predicted molar refractivity (Wildman–Crippen MR) is 58.5 cm³/mol. The molecule has 0 amide bonds. The van der Waals surface area contributed by atoms with Crippen LogP contribution in [0.15, 0.2) is 0 Å². The Morgan fingerprint density at radius 3 is 2.50 bits per heavy atom. The lowest BCUT2D eigenvalue weighted by molar-refractivity contribution is -0.267. The van der Waals surface area contributed by atoms with Gasteiger partial charge in [0, 0.05) is 27.4 Å². The minimum absolute atomic E-state index is 0.0663. The number of aliphatic hydroxyl groups is 1. The second kappa shape index (κ2) is 6.67. The lowest BCUT2D eigenvalue weighted by Crippen LogP contribution is -2.51. The molecule has 0 unspecified atom stereocenters. The number of methoxy groups -OCH3 is 1. The number of carbonyl (C=O) groups is 2. The van der Waals surface area contributed by atoms with Crippen LogP contribution in [-0.4, -0.2) is 55.4 Å². The van der Waals surface area contributed by atoms with Gasteiger partial charge in [0.25, 0.3) is 0 Å². The lowest BCUT2D eigenvalue weighted by Gasteiger charge is -2.37. The van der Waals surface area contributed by atoms with Crippen LogP contribution in [-0.2, 0) is 28.5 Å². The largest absolute Gasteiger partial charge is 0.463 e. The summed E-state index contributed by atoms with van der Waals surface area (Å²) in [6.45, 7) is 2.47. The Labute approximate surface area is 105 Å². The maximum absolute atomic E-state index is 10.9. The summed E-state index contributed by atoms with van der Waals surface area (Å²) in [7, 11) is 1.40. The zero-order valence-corrected chi connectivity index (χ0v) is 10.6. The minimum Gasteiger partial charge on any atom is -0.463 e. The third-order valence-electron chi connectivity index (χ3n) is 2.52. The van der Waals surface area contributed by atoms with Gasteiger partial charge in [-0.25, -0.2) is 0 Å². The molecule has 0 aromatic rings. The van der Waals surface area contributed by atoms with E-state index in [1.165, 1.54) is 21.0 Å². The molecule has 1 heterocycles. The maximum Gasteiger partial charge on any atom is 0.303 e. The normalized spacial score (nSPS) is 31.8. The van der Waals surface area contributed by atoms with E-state index in [0.717, 1.165) is 0 Å². The Morgan fingerprint density at radius 1 is 1.33 bits per heavy atom. The van der Waals surface area contributed by atoms with Gasteiger partial charge in [0.05, 0.1) is 6.10 Å². The fraction of sp³-hybridized carbons (Fsp3) is 0.818. The number of aliphatic hydroxyl groups excluding tert-OH is 1. The monoisotopic (exact) mass is 262 g/mol. The summed E-state index contributed by atoms with van der Waals surface area (Å²) in [5.74, 6) is -0.932. The highest BCUT2D eigenvalue weighted by atomic mass is 16.7. The number of carbonyl (C=O) groups excluding carboxylic acids is 2.